The van der Waals surface area contributed by atoms with Crippen LogP contribution in [0.5, 0.6) is 0 Å². The summed E-state index contributed by atoms with van der Waals surface area (Å²) in [5.74, 6) is -0.948. The van der Waals surface area contributed by atoms with Crippen molar-refractivity contribution < 1.29 is 17.6 Å². The molecule has 1 saturated heterocycles. The van der Waals surface area contributed by atoms with Crippen LogP contribution in [0.3, 0.4) is 0 Å². The van der Waals surface area contributed by atoms with Crippen LogP contribution in [0.15, 0.2) is 53.1 Å². The molecule has 34 heavy (non-hydrogen) atoms. The van der Waals surface area contributed by atoms with Gasteiger partial charge in [0.1, 0.15) is 11.5 Å². The molecule has 0 saturated carbocycles. The third kappa shape index (κ3) is 4.65. The second-order valence-corrected chi connectivity index (χ2v) is 8.20. The van der Waals surface area contributed by atoms with Crippen LogP contribution in [0.4, 0.5) is 18.9 Å². The van der Waals surface area contributed by atoms with Crippen LogP contribution >= 0.6 is 0 Å². The normalized spacial score (nSPS) is 14.8. The van der Waals surface area contributed by atoms with Gasteiger partial charge in [0.25, 0.3) is 5.89 Å². The maximum Gasteiger partial charge on any atom is 0.314 e. The Morgan fingerprint density at radius 1 is 0.971 bits per heavy atom. The van der Waals surface area contributed by atoms with Crippen molar-refractivity contribution in [2.24, 2.45) is 0 Å². The predicted octanol–water partition coefficient (Wildman–Crippen LogP) is 3.87. The monoisotopic (exact) mass is 469 g/mol. The van der Waals surface area contributed by atoms with E-state index in [1.165, 1.54) is 6.07 Å². The summed E-state index contributed by atoms with van der Waals surface area (Å²) in [7, 11) is 2.07. The number of hydrogen-bond acceptors (Lipinski definition) is 7. The smallest absolute Gasteiger partial charge is 0.314 e. The number of benzene rings is 2. The largest absolute Gasteiger partial charge is 0.415 e. The molecule has 2 aromatic heterocycles. The van der Waals surface area contributed by atoms with Crippen LogP contribution in [0.2, 0.25) is 0 Å². The molecule has 2 aromatic carbocycles. The van der Waals surface area contributed by atoms with E-state index >= 15 is 0 Å². The number of rotatable bonds is 6. The van der Waals surface area contributed by atoms with Gasteiger partial charge in [-0.3, -0.25) is 0 Å². The van der Waals surface area contributed by atoms with Gasteiger partial charge >= 0.3 is 6.43 Å². The van der Waals surface area contributed by atoms with E-state index in [1.54, 1.807) is 28.9 Å². The molecule has 0 unspecified atom stereocenters. The lowest BCUT2D eigenvalue weighted by Crippen LogP contribution is -2.44. The zero-order chi connectivity index (χ0) is 23.7. The molecular formula is C23H22F3N7O. The minimum atomic E-state index is -2.81. The Morgan fingerprint density at radius 3 is 2.44 bits per heavy atom. The number of piperazine rings is 1. The highest BCUT2D eigenvalue weighted by molar-refractivity contribution is 5.76. The number of likely N-dealkylation sites (N-methyl/N-ethyl adjacent to an activating group) is 1. The summed E-state index contributed by atoms with van der Waals surface area (Å²) >= 11 is 0. The molecule has 0 N–H and O–H groups in total. The van der Waals surface area contributed by atoms with Crippen molar-refractivity contribution in [2.75, 3.05) is 38.1 Å². The number of halogens is 3. The van der Waals surface area contributed by atoms with Crippen molar-refractivity contribution in [3.05, 3.63) is 65.9 Å². The van der Waals surface area contributed by atoms with Crippen LogP contribution in [0.25, 0.3) is 22.7 Å². The Kier molecular flexibility index (Phi) is 6.01. The molecule has 0 bridgehead atoms. The molecule has 0 spiro atoms. The first-order valence-electron chi connectivity index (χ1n) is 10.8. The highest BCUT2D eigenvalue weighted by Gasteiger charge is 2.20. The number of aromatic nitrogens is 5. The first-order chi connectivity index (χ1) is 16.5. The Bertz CT molecular complexity index is 1260. The summed E-state index contributed by atoms with van der Waals surface area (Å²) in [5.41, 5.74) is 3.78. The summed E-state index contributed by atoms with van der Waals surface area (Å²) in [6.45, 7) is 3.89. The molecule has 1 aliphatic heterocycles. The molecule has 4 aromatic rings. The number of nitrogens with zero attached hydrogens (tertiary/aromatic N) is 7. The lowest BCUT2D eigenvalue weighted by molar-refractivity contribution is 0.116. The molecule has 5 rings (SSSR count). The second-order valence-electron chi connectivity index (χ2n) is 8.20. The summed E-state index contributed by atoms with van der Waals surface area (Å²) in [6.07, 6.45) is -0.979. The van der Waals surface area contributed by atoms with E-state index in [1.807, 2.05) is 18.3 Å². The van der Waals surface area contributed by atoms with Crippen molar-refractivity contribution in [1.29, 1.82) is 0 Å². The van der Waals surface area contributed by atoms with Crippen molar-refractivity contribution in [3.8, 4) is 22.7 Å². The third-order valence-corrected chi connectivity index (χ3v) is 5.79. The van der Waals surface area contributed by atoms with Gasteiger partial charge in [0.2, 0.25) is 5.89 Å². The molecule has 3 heterocycles. The third-order valence-electron chi connectivity index (χ3n) is 5.79. The molecule has 11 heteroatoms. The molecule has 176 valence electrons. The zero-order valence-corrected chi connectivity index (χ0v) is 18.4. The summed E-state index contributed by atoms with van der Waals surface area (Å²) in [6, 6.07) is 11.8. The van der Waals surface area contributed by atoms with Gasteiger partial charge < -0.3 is 14.2 Å². The van der Waals surface area contributed by atoms with Gasteiger partial charge in [0.15, 0.2) is 0 Å². The minimum Gasteiger partial charge on any atom is -0.415 e. The molecule has 1 aliphatic rings. The Labute approximate surface area is 193 Å². The van der Waals surface area contributed by atoms with Crippen molar-refractivity contribution in [2.45, 2.75) is 13.0 Å². The number of alkyl halides is 2. The van der Waals surface area contributed by atoms with Crippen molar-refractivity contribution in [1.82, 2.24) is 30.1 Å². The number of anilines is 1. The molecule has 8 nitrogen and oxygen atoms in total. The van der Waals surface area contributed by atoms with E-state index in [0.29, 0.717) is 17.8 Å². The van der Waals surface area contributed by atoms with E-state index in [4.69, 9.17) is 4.42 Å². The first-order valence-corrected chi connectivity index (χ1v) is 10.8. The Hall–Kier alpha value is -3.73. The Balaban J connectivity index is 1.33. The quantitative estimate of drug-likeness (QED) is 0.424. The van der Waals surface area contributed by atoms with Gasteiger partial charge in [-0.1, -0.05) is 17.3 Å². The van der Waals surface area contributed by atoms with E-state index in [2.05, 4.69) is 37.4 Å². The molecule has 0 amide bonds. The second kappa shape index (κ2) is 9.26. The van der Waals surface area contributed by atoms with Gasteiger partial charge in [-0.2, -0.15) is 8.78 Å². The first kappa shape index (κ1) is 22.1. The van der Waals surface area contributed by atoms with Gasteiger partial charge in [-0.25, -0.2) is 9.07 Å². The van der Waals surface area contributed by atoms with Crippen molar-refractivity contribution >= 4 is 5.69 Å². The summed E-state index contributed by atoms with van der Waals surface area (Å²) in [5, 5.41) is 15.6. The summed E-state index contributed by atoms with van der Waals surface area (Å²) < 4.78 is 46.1. The van der Waals surface area contributed by atoms with E-state index in [-0.39, 0.29) is 11.7 Å². The van der Waals surface area contributed by atoms with Crippen LogP contribution in [0.1, 0.15) is 17.9 Å². The number of hydrogen-bond donors (Lipinski definition) is 0. The SMILES string of the molecule is CN1CCN(c2cc(F)ccc2-c2cn(Cc3ccc(-c4nnc(C(F)F)o4)cc3)nn2)CC1. The van der Waals surface area contributed by atoms with Gasteiger partial charge in [0, 0.05) is 43.0 Å². The zero-order valence-electron chi connectivity index (χ0n) is 18.4. The van der Waals surface area contributed by atoms with E-state index < -0.39 is 12.3 Å². The van der Waals surface area contributed by atoms with Gasteiger partial charge in [0.05, 0.1) is 12.7 Å². The van der Waals surface area contributed by atoms with Crippen LogP contribution in [0, 0.1) is 5.82 Å². The summed E-state index contributed by atoms with van der Waals surface area (Å²) in [4.78, 5) is 4.42. The van der Waals surface area contributed by atoms with Crippen LogP contribution in [-0.4, -0.2) is 63.3 Å². The maximum atomic E-state index is 14.1. The molecular weight excluding hydrogens is 447 g/mol. The fourth-order valence-corrected chi connectivity index (χ4v) is 3.91. The highest BCUT2D eigenvalue weighted by Crippen LogP contribution is 2.31. The van der Waals surface area contributed by atoms with E-state index in [0.717, 1.165) is 43.0 Å². The topological polar surface area (TPSA) is 76.1 Å². The Morgan fingerprint density at radius 2 is 1.74 bits per heavy atom. The molecule has 0 aliphatic carbocycles. The van der Waals surface area contributed by atoms with Crippen LogP contribution in [-0.2, 0) is 6.54 Å². The molecule has 0 radical (unpaired) electrons. The van der Waals surface area contributed by atoms with Gasteiger partial charge in [-0.05, 0) is 42.9 Å². The molecule has 1 fully saturated rings. The van der Waals surface area contributed by atoms with Crippen molar-refractivity contribution in [3.63, 3.8) is 0 Å². The fourth-order valence-electron chi connectivity index (χ4n) is 3.91. The van der Waals surface area contributed by atoms with Crippen LogP contribution < -0.4 is 4.90 Å². The minimum absolute atomic E-state index is 0.0395. The lowest BCUT2D eigenvalue weighted by Gasteiger charge is -2.35. The standard InChI is InChI=1S/C23H22F3N7O/c1-31-8-10-32(11-9-31)20-12-17(24)6-7-18(20)19-14-33(30-27-19)13-15-2-4-16(5-3-15)22-28-29-23(34-22)21(25)26/h2-7,12,14,21H,8-11,13H2,1H3. The van der Waals surface area contributed by atoms with E-state index in [9.17, 15) is 13.2 Å². The van der Waals surface area contributed by atoms with Gasteiger partial charge in [-0.15, -0.1) is 15.3 Å². The fraction of sp³-hybridized carbons (Fsp3) is 0.304. The maximum absolute atomic E-state index is 14.1. The molecule has 0 atom stereocenters. The average molecular weight is 469 g/mol. The predicted molar refractivity (Wildman–Crippen MR) is 119 cm³/mol. The lowest BCUT2D eigenvalue weighted by atomic mass is 10.1. The average Bonchev–Trinajstić information content (AvgIpc) is 3.50. The highest BCUT2D eigenvalue weighted by atomic mass is 19.3.